The van der Waals surface area contributed by atoms with Gasteiger partial charge in [-0.1, -0.05) is 70.9 Å². The molecule has 0 spiro atoms. The van der Waals surface area contributed by atoms with Crippen LogP contribution in [0.1, 0.15) is 57.7 Å². The Kier molecular flexibility index (Phi) is 8.99. The van der Waals surface area contributed by atoms with Crippen LogP contribution in [-0.4, -0.2) is 30.4 Å². The monoisotopic (exact) mass is 648 g/mol. The number of carbonyl (C=O) groups excluding carboxylic acids is 1. The molecule has 1 aromatic heterocycles. The Labute approximate surface area is 256 Å². The van der Waals surface area contributed by atoms with Crippen LogP contribution in [0.25, 0.3) is 16.8 Å². The van der Waals surface area contributed by atoms with Crippen molar-refractivity contribution in [3.8, 4) is 11.5 Å². The molecular formula is C33H33BrN2O5S. The summed E-state index contributed by atoms with van der Waals surface area (Å²) in [5.74, 6) is 0.742. The molecular weight excluding hydrogens is 616 g/mol. The molecule has 1 atom stereocenters. The second-order valence-corrected chi connectivity index (χ2v) is 12.2. The number of hydrogen-bond acceptors (Lipinski definition) is 7. The SMILES string of the molecule is CCCCOc1ccc2ccccc2c1/C=c1\sc2n(c1=O)[C@H](c1cc(Br)ccc1OC)C(C(=O)OC(C)C)=C(C)N=2. The largest absolute Gasteiger partial charge is 0.496 e. The zero-order valence-electron chi connectivity index (χ0n) is 24.3. The van der Waals surface area contributed by atoms with Gasteiger partial charge in [0.05, 0.1) is 35.6 Å². The fourth-order valence-electron chi connectivity index (χ4n) is 5.08. The van der Waals surface area contributed by atoms with E-state index in [0.29, 0.717) is 38.5 Å². The lowest BCUT2D eigenvalue weighted by Crippen LogP contribution is -2.40. The van der Waals surface area contributed by atoms with Gasteiger partial charge in [-0.05, 0) is 68.3 Å². The normalized spacial score (nSPS) is 15.1. The summed E-state index contributed by atoms with van der Waals surface area (Å²) in [7, 11) is 1.57. The predicted molar refractivity (Wildman–Crippen MR) is 170 cm³/mol. The number of hydrogen-bond donors (Lipinski definition) is 0. The molecule has 0 bridgehead atoms. The predicted octanol–water partition coefficient (Wildman–Crippen LogP) is 6.29. The highest BCUT2D eigenvalue weighted by Crippen LogP contribution is 2.37. The first-order chi connectivity index (χ1) is 20.2. The van der Waals surface area contributed by atoms with Gasteiger partial charge in [0.2, 0.25) is 0 Å². The minimum atomic E-state index is -0.796. The number of halogens is 1. The number of aromatic nitrogens is 1. The summed E-state index contributed by atoms with van der Waals surface area (Å²) in [6, 6.07) is 16.8. The quantitative estimate of drug-likeness (QED) is 0.157. The fourth-order valence-corrected chi connectivity index (χ4v) is 6.49. The van der Waals surface area contributed by atoms with E-state index in [1.807, 2.05) is 60.7 Å². The van der Waals surface area contributed by atoms with Crippen molar-refractivity contribution in [2.45, 2.75) is 52.7 Å². The molecule has 1 aliphatic rings. The number of ether oxygens (including phenoxy) is 3. The van der Waals surface area contributed by atoms with Gasteiger partial charge in [-0.3, -0.25) is 9.36 Å². The lowest BCUT2D eigenvalue weighted by atomic mass is 9.95. The molecule has 0 fully saturated rings. The van der Waals surface area contributed by atoms with Crippen molar-refractivity contribution < 1.29 is 19.0 Å². The van der Waals surface area contributed by atoms with Crippen LogP contribution in [0.2, 0.25) is 0 Å². The Balaban J connectivity index is 1.77. The van der Waals surface area contributed by atoms with Gasteiger partial charge < -0.3 is 14.2 Å². The molecule has 0 saturated carbocycles. The van der Waals surface area contributed by atoms with Crippen molar-refractivity contribution in [2.75, 3.05) is 13.7 Å². The van der Waals surface area contributed by atoms with E-state index in [1.54, 1.807) is 32.4 Å². The minimum Gasteiger partial charge on any atom is -0.496 e. The van der Waals surface area contributed by atoms with Crippen LogP contribution in [0.15, 0.2) is 80.1 Å². The van der Waals surface area contributed by atoms with Crippen molar-refractivity contribution in [1.29, 1.82) is 0 Å². The van der Waals surface area contributed by atoms with Crippen LogP contribution in [0.3, 0.4) is 0 Å². The highest BCUT2D eigenvalue weighted by Gasteiger charge is 2.35. The van der Waals surface area contributed by atoms with E-state index in [-0.39, 0.29) is 11.7 Å². The van der Waals surface area contributed by atoms with Gasteiger partial charge in [-0.15, -0.1) is 0 Å². The van der Waals surface area contributed by atoms with E-state index in [9.17, 15) is 9.59 Å². The van der Waals surface area contributed by atoms with Gasteiger partial charge in [0.15, 0.2) is 4.80 Å². The second-order valence-electron chi connectivity index (χ2n) is 10.3. The van der Waals surface area contributed by atoms with E-state index < -0.39 is 12.0 Å². The van der Waals surface area contributed by atoms with Crippen LogP contribution < -0.4 is 24.4 Å². The van der Waals surface area contributed by atoms with Gasteiger partial charge in [0.1, 0.15) is 17.5 Å². The molecule has 42 heavy (non-hydrogen) atoms. The van der Waals surface area contributed by atoms with Crippen LogP contribution in [0, 0.1) is 0 Å². The number of fused-ring (bicyclic) bond motifs is 2. The van der Waals surface area contributed by atoms with Crippen molar-refractivity contribution >= 4 is 50.1 Å². The molecule has 2 heterocycles. The number of benzene rings is 3. The lowest BCUT2D eigenvalue weighted by molar-refractivity contribution is -0.143. The smallest absolute Gasteiger partial charge is 0.338 e. The maximum atomic E-state index is 14.3. The Morgan fingerprint density at radius 2 is 1.90 bits per heavy atom. The van der Waals surface area contributed by atoms with Gasteiger partial charge in [-0.2, -0.15) is 0 Å². The lowest BCUT2D eigenvalue weighted by Gasteiger charge is -2.26. The first kappa shape index (κ1) is 29.8. The van der Waals surface area contributed by atoms with Gasteiger partial charge in [0, 0.05) is 15.6 Å². The third-order valence-electron chi connectivity index (χ3n) is 7.03. The molecule has 0 unspecified atom stereocenters. The number of carbonyl (C=O) groups is 1. The maximum Gasteiger partial charge on any atom is 0.338 e. The second kappa shape index (κ2) is 12.7. The Morgan fingerprint density at radius 1 is 1.14 bits per heavy atom. The molecule has 9 heteroatoms. The highest BCUT2D eigenvalue weighted by atomic mass is 79.9. The number of rotatable bonds is 9. The molecule has 0 amide bonds. The number of allylic oxidation sites excluding steroid dienone is 1. The zero-order valence-corrected chi connectivity index (χ0v) is 26.7. The van der Waals surface area contributed by atoms with E-state index in [0.717, 1.165) is 39.4 Å². The molecule has 3 aromatic carbocycles. The minimum absolute atomic E-state index is 0.263. The Bertz CT molecular complexity index is 1870. The number of nitrogens with zero attached hydrogens (tertiary/aromatic N) is 2. The van der Waals surface area contributed by atoms with Crippen LogP contribution in [-0.2, 0) is 9.53 Å². The summed E-state index contributed by atoms with van der Waals surface area (Å²) >= 11 is 4.84. The van der Waals surface area contributed by atoms with E-state index in [2.05, 4.69) is 22.9 Å². The fraction of sp³-hybridized carbons (Fsp3) is 0.303. The summed E-state index contributed by atoms with van der Waals surface area (Å²) in [4.78, 5) is 33.0. The van der Waals surface area contributed by atoms with E-state index >= 15 is 0 Å². The maximum absolute atomic E-state index is 14.3. The van der Waals surface area contributed by atoms with Crippen molar-refractivity contribution in [1.82, 2.24) is 4.57 Å². The average molecular weight is 650 g/mol. The van der Waals surface area contributed by atoms with Crippen LogP contribution in [0.5, 0.6) is 11.5 Å². The third-order valence-corrected chi connectivity index (χ3v) is 8.51. The standard InChI is InChI=1S/C33H33BrN2O5S/c1-6-7-16-40-27-14-12-21-10-8-9-11-23(21)24(27)18-28-31(37)36-30(25-17-22(34)13-15-26(25)39-5)29(32(38)41-19(2)3)20(4)35-33(36)42-28/h8-15,17-19,30H,6-7,16H2,1-5H3/b28-18-/t30-/m1/s1. The van der Waals surface area contributed by atoms with Crippen LogP contribution >= 0.6 is 27.3 Å². The van der Waals surface area contributed by atoms with Crippen molar-refractivity contribution in [3.05, 3.63) is 101 Å². The zero-order chi connectivity index (χ0) is 30.0. The molecule has 1 aliphatic heterocycles. The molecule has 5 rings (SSSR count). The van der Waals surface area contributed by atoms with Gasteiger partial charge in [0.25, 0.3) is 5.56 Å². The van der Waals surface area contributed by atoms with E-state index in [4.69, 9.17) is 19.2 Å². The first-order valence-electron chi connectivity index (χ1n) is 13.9. The Hall–Kier alpha value is -3.69. The van der Waals surface area contributed by atoms with E-state index in [1.165, 1.54) is 11.3 Å². The molecule has 4 aromatic rings. The first-order valence-corrected chi connectivity index (χ1v) is 15.6. The molecule has 0 radical (unpaired) electrons. The molecule has 0 saturated heterocycles. The topological polar surface area (TPSA) is 79.1 Å². The molecule has 7 nitrogen and oxygen atoms in total. The number of methoxy groups -OCH3 is 1. The molecule has 0 N–H and O–H groups in total. The summed E-state index contributed by atoms with van der Waals surface area (Å²) in [5.41, 5.74) is 2.02. The van der Waals surface area contributed by atoms with Gasteiger partial charge >= 0.3 is 5.97 Å². The molecule has 0 aliphatic carbocycles. The number of thiazole rings is 1. The van der Waals surface area contributed by atoms with Crippen LogP contribution in [0.4, 0.5) is 0 Å². The average Bonchev–Trinajstić information content (AvgIpc) is 3.26. The summed E-state index contributed by atoms with van der Waals surface area (Å²) in [6.45, 7) is 8.06. The highest BCUT2D eigenvalue weighted by molar-refractivity contribution is 9.10. The number of unbranched alkanes of at least 4 members (excludes halogenated alkanes) is 1. The summed E-state index contributed by atoms with van der Waals surface area (Å²) in [5, 5.41) is 2.03. The number of esters is 1. The summed E-state index contributed by atoms with van der Waals surface area (Å²) in [6.07, 6.45) is 3.48. The van der Waals surface area contributed by atoms with Crippen molar-refractivity contribution in [2.24, 2.45) is 4.99 Å². The summed E-state index contributed by atoms with van der Waals surface area (Å²) < 4.78 is 20.4. The van der Waals surface area contributed by atoms with Gasteiger partial charge in [-0.25, -0.2) is 9.79 Å². The third kappa shape index (κ3) is 5.80. The van der Waals surface area contributed by atoms with Crippen molar-refractivity contribution in [3.63, 3.8) is 0 Å². The Morgan fingerprint density at radius 3 is 2.64 bits per heavy atom. The molecule has 218 valence electrons.